The molecule has 1 aliphatic rings. The van der Waals surface area contributed by atoms with Crippen LogP contribution in [0.3, 0.4) is 0 Å². The highest BCUT2D eigenvalue weighted by molar-refractivity contribution is 7.17. The summed E-state index contributed by atoms with van der Waals surface area (Å²) in [7, 11) is 1.31. The van der Waals surface area contributed by atoms with Crippen LogP contribution in [0.2, 0.25) is 0 Å². The van der Waals surface area contributed by atoms with Crippen molar-refractivity contribution in [3.05, 3.63) is 34.0 Å². The fourth-order valence-electron chi connectivity index (χ4n) is 2.81. The number of hydrogen-bond acceptors (Lipinski definition) is 6. The minimum atomic E-state index is -1.16. The first kappa shape index (κ1) is 17.2. The van der Waals surface area contributed by atoms with E-state index in [0.717, 1.165) is 29.7 Å². The van der Waals surface area contributed by atoms with Crippen molar-refractivity contribution in [1.29, 1.82) is 0 Å². The minimum absolute atomic E-state index is 0.134. The van der Waals surface area contributed by atoms with E-state index in [2.05, 4.69) is 10.4 Å². The molecule has 1 amide bonds. The third-order valence-electron chi connectivity index (χ3n) is 4.15. The Morgan fingerprint density at radius 3 is 2.80 bits per heavy atom. The van der Waals surface area contributed by atoms with Crippen LogP contribution in [0.5, 0.6) is 0 Å². The molecule has 0 spiro atoms. The molecule has 8 nitrogen and oxygen atoms in total. The Hall–Kier alpha value is -2.68. The van der Waals surface area contributed by atoms with Gasteiger partial charge in [-0.05, 0) is 37.8 Å². The Labute approximate surface area is 147 Å². The van der Waals surface area contributed by atoms with Crippen molar-refractivity contribution in [3.8, 4) is 0 Å². The topological polar surface area (TPSA) is 111 Å². The number of amides is 1. The summed E-state index contributed by atoms with van der Waals surface area (Å²) in [5, 5.41) is 16.0. The summed E-state index contributed by atoms with van der Waals surface area (Å²) in [5.74, 6) is -2.01. The number of aromatic nitrogens is 2. The first-order chi connectivity index (χ1) is 11.9. The van der Waals surface area contributed by atoms with Crippen LogP contribution in [-0.4, -0.2) is 39.8 Å². The maximum absolute atomic E-state index is 12.5. The lowest BCUT2D eigenvalue weighted by atomic mass is 10.1. The molecule has 0 fully saturated rings. The van der Waals surface area contributed by atoms with Gasteiger partial charge in [-0.1, -0.05) is 0 Å². The zero-order valence-corrected chi connectivity index (χ0v) is 14.6. The molecule has 0 saturated heterocycles. The van der Waals surface area contributed by atoms with Gasteiger partial charge in [-0.3, -0.25) is 9.48 Å². The second kappa shape index (κ2) is 6.67. The first-order valence-electron chi connectivity index (χ1n) is 7.74. The summed E-state index contributed by atoms with van der Waals surface area (Å²) >= 11 is 1.39. The van der Waals surface area contributed by atoms with Crippen LogP contribution in [0.15, 0.2) is 12.3 Å². The lowest BCUT2D eigenvalue weighted by Crippen LogP contribution is -2.25. The van der Waals surface area contributed by atoms with Gasteiger partial charge in [0, 0.05) is 11.1 Å². The average molecular weight is 363 g/mol. The Bertz CT molecular complexity index is 854. The van der Waals surface area contributed by atoms with E-state index < -0.39 is 18.0 Å². The number of hydrogen-bond donors (Lipinski definition) is 2. The van der Waals surface area contributed by atoms with Gasteiger partial charge in [0.05, 0.1) is 12.7 Å². The normalized spacial score (nSPS) is 14.0. The Morgan fingerprint density at radius 1 is 1.40 bits per heavy atom. The van der Waals surface area contributed by atoms with E-state index in [1.165, 1.54) is 35.4 Å². The SMILES string of the molecule is COC(=O)c1c(NC(=O)C(C)n2ccc(C(=O)O)n2)sc2c1CCC2. The van der Waals surface area contributed by atoms with Crippen LogP contribution in [0.4, 0.5) is 5.00 Å². The summed E-state index contributed by atoms with van der Waals surface area (Å²) in [6.45, 7) is 1.60. The highest BCUT2D eigenvalue weighted by Crippen LogP contribution is 2.39. The molecule has 0 aromatic carbocycles. The summed E-state index contributed by atoms with van der Waals surface area (Å²) in [5.41, 5.74) is 1.24. The molecule has 3 rings (SSSR count). The molecule has 0 bridgehead atoms. The molecule has 1 aliphatic carbocycles. The van der Waals surface area contributed by atoms with Crippen molar-refractivity contribution in [2.24, 2.45) is 0 Å². The van der Waals surface area contributed by atoms with Crippen LogP contribution < -0.4 is 5.32 Å². The predicted molar refractivity (Wildman–Crippen MR) is 90.2 cm³/mol. The van der Waals surface area contributed by atoms with Gasteiger partial charge >= 0.3 is 11.9 Å². The maximum atomic E-state index is 12.5. The van der Waals surface area contributed by atoms with E-state index in [-0.39, 0.29) is 11.6 Å². The van der Waals surface area contributed by atoms with Gasteiger partial charge < -0.3 is 15.2 Å². The van der Waals surface area contributed by atoms with Gasteiger partial charge in [-0.25, -0.2) is 9.59 Å². The van der Waals surface area contributed by atoms with Crippen molar-refractivity contribution in [2.75, 3.05) is 12.4 Å². The molecule has 25 heavy (non-hydrogen) atoms. The van der Waals surface area contributed by atoms with Gasteiger partial charge in [0.2, 0.25) is 5.91 Å². The molecule has 0 radical (unpaired) electrons. The van der Waals surface area contributed by atoms with E-state index >= 15 is 0 Å². The molecule has 2 aromatic rings. The van der Waals surface area contributed by atoms with Crippen molar-refractivity contribution in [2.45, 2.75) is 32.2 Å². The number of fused-ring (bicyclic) bond motifs is 1. The Kier molecular flexibility index (Phi) is 4.58. The molecule has 0 aliphatic heterocycles. The number of nitrogens with one attached hydrogen (secondary N) is 1. The van der Waals surface area contributed by atoms with Crippen LogP contribution in [0, 0.1) is 0 Å². The molecular weight excluding hydrogens is 346 g/mol. The third-order valence-corrected chi connectivity index (χ3v) is 5.36. The van der Waals surface area contributed by atoms with Gasteiger partial charge in [0.1, 0.15) is 11.0 Å². The summed E-state index contributed by atoms with van der Waals surface area (Å²) in [4.78, 5) is 36.6. The van der Waals surface area contributed by atoms with Gasteiger partial charge in [-0.2, -0.15) is 5.10 Å². The monoisotopic (exact) mass is 363 g/mol. The molecule has 1 unspecified atom stereocenters. The van der Waals surface area contributed by atoms with Crippen molar-refractivity contribution < 1.29 is 24.2 Å². The number of aromatic carboxylic acids is 1. The number of carbonyl (C=O) groups excluding carboxylic acids is 2. The second-order valence-corrected chi connectivity index (χ2v) is 6.81. The van der Waals surface area contributed by atoms with Crippen LogP contribution in [-0.2, 0) is 22.4 Å². The number of carboxylic acids is 1. The minimum Gasteiger partial charge on any atom is -0.476 e. The maximum Gasteiger partial charge on any atom is 0.356 e. The molecular formula is C16H17N3O5S. The van der Waals surface area contributed by atoms with Crippen LogP contribution >= 0.6 is 11.3 Å². The number of thiophene rings is 1. The number of anilines is 1. The quantitative estimate of drug-likeness (QED) is 0.787. The zero-order valence-electron chi connectivity index (χ0n) is 13.7. The van der Waals surface area contributed by atoms with E-state index in [1.807, 2.05) is 0 Å². The standard InChI is InChI=1S/C16H17N3O5S/c1-8(19-7-6-10(18-19)15(21)22)13(20)17-14-12(16(23)24-2)9-4-3-5-11(9)25-14/h6-8H,3-5H2,1-2H3,(H,17,20)(H,21,22). The number of ether oxygens (including phenoxy) is 1. The van der Waals surface area contributed by atoms with Crippen molar-refractivity contribution in [1.82, 2.24) is 9.78 Å². The predicted octanol–water partition coefficient (Wildman–Crippen LogP) is 2.12. The molecule has 2 N–H and O–H groups in total. The number of esters is 1. The highest BCUT2D eigenvalue weighted by atomic mass is 32.1. The molecule has 2 aromatic heterocycles. The van der Waals surface area contributed by atoms with Crippen molar-refractivity contribution >= 4 is 34.2 Å². The summed E-state index contributed by atoms with van der Waals surface area (Å²) in [6, 6.07) is 0.599. The Balaban J connectivity index is 1.83. The zero-order chi connectivity index (χ0) is 18.1. The molecule has 1 atom stereocenters. The fraction of sp³-hybridized carbons (Fsp3) is 0.375. The lowest BCUT2D eigenvalue weighted by Gasteiger charge is -2.13. The van der Waals surface area contributed by atoms with Crippen LogP contribution in [0.1, 0.15) is 50.7 Å². The summed E-state index contributed by atoms with van der Waals surface area (Å²) in [6.07, 6.45) is 4.10. The number of carbonyl (C=O) groups is 3. The second-order valence-electron chi connectivity index (χ2n) is 5.70. The number of aryl methyl sites for hydroxylation is 1. The van der Waals surface area contributed by atoms with Gasteiger partial charge in [0.25, 0.3) is 0 Å². The molecule has 132 valence electrons. The number of carboxylic acid groups (broad SMARTS) is 1. The molecule has 2 heterocycles. The number of rotatable bonds is 5. The van der Waals surface area contributed by atoms with E-state index in [9.17, 15) is 14.4 Å². The molecule has 9 heteroatoms. The smallest absolute Gasteiger partial charge is 0.356 e. The number of methoxy groups -OCH3 is 1. The third kappa shape index (κ3) is 3.14. The number of nitrogens with zero attached hydrogens (tertiary/aromatic N) is 2. The van der Waals surface area contributed by atoms with E-state index in [1.54, 1.807) is 6.92 Å². The first-order valence-corrected chi connectivity index (χ1v) is 8.56. The van der Waals surface area contributed by atoms with Gasteiger partial charge in [-0.15, -0.1) is 11.3 Å². The summed E-state index contributed by atoms with van der Waals surface area (Å²) < 4.78 is 6.13. The lowest BCUT2D eigenvalue weighted by molar-refractivity contribution is -0.119. The Morgan fingerprint density at radius 2 is 2.16 bits per heavy atom. The van der Waals surface area contributed by atoms with E-state index in [4.69, 9.17) is 9.84 Å². The largest absolute Gasteiger partial charge is 0.476 e. The van der Waals surface area contributed by atoms with Crippen molar-refractivity contribution in [3.63, 3.8) is 0 Å². The van der Waals surface area contributed by atoms with E-state index in [0.29, 0.717) is 10.6 Å². The van der Waals surface area contributed by atoms with Gasteiger partial charge in [0.15, 0.2) is 5.69 Å². The fourth-order valence-corrected chi connectivity index (χ4v) is 4.09. The van der Waals surface area contributed by atoms with Crippen LogP contribution in [0.25, 0.3) is 0 Å². The highest BCUT2D eigenvalue weighted by Gasteiger charge is 2.29. The molecule has 0 saturated carbocycles. The average Bonchev–Trinajstić information content (AvgIpc) is 3.28.